The molecule has 0 saturated carbocycles. The molecule has 2 rings (SSSR count). The van der Waals surface area contributed by atoms with Crippen LogP contribution in [0.1, 0.15) is 32.3 Å². The van der Waals surface area contributed by atoms with Crippen LogP contribution in [0.4, 0.5) is 5.69 Å². The summed E-state index contributed by atoms with van der Waals surface area (Å²) >= 11 is 0. The number of rotatable bonds is 4. The standard InChI is InChI=1S/C15H22N2O2/c1-15(2)10-12(7-8-19-15)17-13-6-4-3-5-11(13)9-14(16)18/h3-6,12,17H,7-10H2,1-2H3,(H2,16,18). The van der Waals surface area contributed by atoms with Crippen molar-refractivity contribution in [2.24, 2.45) is 5.73 Å². The molecule has 1 aromatic rings. The maximum atomic E-state index is 11.1. The lowest BCUT2D eigenvalue weighted by Crippen LogP contribution is -2.40. The number of nitrogens with one attached hydrogen (secondary N) is 1. The van der Waals surface area contributed by atoms with Crippen molar-refractivity contribution in [2.45, 2.75) is 44.8 Å². The number of benzene rings is 1. The first kappa shape index (κ1) is 13.9. The molecular formula is C15H22N2O2. The Morgan fingerprint density at radius 2 is 2.21 bits per heavy atom. The third-order valence-electron chi connectivity index (χ3n) is 3.44. The van der Waals surface area contributed by atoms with Gasteiger partial charge in [0.05, 0.1) is 12.0 Å². The Kier molecular flexibility index (Phi) is 4.10. The number of hydrogen-bond donors (Lipinski definition) is 2. The van der Waals surface area contributed by atoms with E-state index < -0.39 is 0 Å². The lowest BCUT2D eigenvalue weighted by Gasteiger charge is -2.36. The van der Waals surface area contributed by atoms with Crippen molar-refractivity contribution in [1.82, 2.24) is 0 Å². The summed E-state index contributed by atoms with van der Waals surface area (Å²) in [6.07, 6.45) is 2.21. The van der Waals surface area contributed by atoms with Crippen molar-refractivity contribution >= 4 is 11.6 Å². The molecule has 1 aliphatic heterocycles. The van der Waals surface area contributed by atoms with Crippen LogP contribution in [0, 0.1) is 0 Å². The predicted octanol–water partition coefficient (Wildman–Crippen LogP) is 2.08. The molecule has 3 N–H and O–H groups in total. The van der Waals surface area contributed by atoms with E-state index in [0.717, 1.165) is 30.7 Å². The smallest absolute Gasteiger partial charge is 0.221 e. The number of ether oxygens (including phenoxy) is 1. The minimum absolute atomic E-state index is 0.0887. The zero-order valence-electron chi connectivity index (χ0n) is 11.6. The van der Waals surface area contributed by atoms with Crippen LogP contribution in [0.25, 0.3) is 0 Å². The molecule has 1 aromatic carbocycles. The van der Waals surface area contributed by atoms with Crippen molar-refractivity contribution in [3.8, 4) is 0 Å². The number of nitrogens with two attached hydrogens (primary N) is 1. The summed E-state index contributed by atoms with van der Waals surface area (Å²) in [6.45, 7) is 4.98. The molecule has 1 saturated heterocycles. The zero-order valence-corrected chi connectivity index (χ0v) is 11.6. The van der Waals surface area contributed by atoms with Crippen LogP contribution in [0.5, 0.6) is 0 Å². The lowest BCUT2D eigenvalue weighted by molar-refractivity contribution is -0.117. The SMILES string of the molecule is CC1(C)CC(Nc2ccccc2CC(N)=O)CCO1. The Labute approximate surface area is 114 Å². The minimum atomic E-state index is -0.304. The molecule has 0 aliphatic carbocycles. The van der Waals surface area contributed by atoms with E-state index in [1.165, 1.54) is 0 Å². The van der Waals surface area contributed by atoms with Crippen molar-refractivity contribution in [3.63, 3.8) is 0 Å². The summed E-state index contributed by atoms with van der Waals surface area (Å²) in [4.78, 5) is 11.1. The van der Waals surface area contributed by atoms with Gasteiger partial charge in [0, 0.05) is 18.3 Å². The van der Waals surface area contributed by atoms with E-state index in [1.54, 1.807) is 0 Å². The second-order valence-electron chi connectivity index (χ2n) is 5.74. The summed E-state index contributed by atoms with van der Waals surface area (Å²) in [5.74, 6) is -0.304. The maximum Gasteiger partial charge on any atom is 0.221 e. The topological polar surface area (TPSA) is 64.3 Å². The van der Waals surface area contributed by atoms with Gasteiger partial charge in [0.15, 0.2) is 0 Å². The largest absolute Gasteiger partial charge is 0.382 e. The molecular weight excluding hydrogens is 240 g/mol. The van der Waals surface area contributed by atoms with E-state index in [-0.39, 0.29) is 17.9 Å². The Hall–Kier alpha value is -1.55. The van der Waals surface area contributed by atoms with Crippen molar-refractivity contribution < 1.29 is 9.53 Å². The number of carbonyl (C=O) groups is 1. The van der Waals surface area contributed by atoms with Gasteiger partial charge in [0.2, 0.25) is 5.91 Å². The maximum absolute atomic E-state index is 11.1. The number of primary amides is 1. The van der Waals surface area contributed by atoms with Crippen LogP contribution in [0.3, 0.4) is 0 Å². The molecule has 4 nitrogen and oxygen atoms in total. The molecule has 0 radical (unpaired) electrons. The van der Waals surface area contributed by atoms with E-state index >= 15 is 0 Å². The first-order valence-electron chi connectivity index (χ1n) is 6.73. The molecule has 0 spiro atoms. The van der Waals surface area contributed by atoms with Gasteiger partial charge < -0.3 is 15.8 Å². The zero-order chi connectivity index (χ0) is 13.9. The fourth-order valence-electron chi connectivity index (χ4n) is 2.58. The molecule has 0 aromatic heterocycles. The summed E-state index contributed by atoms with van der Waals surface area (Å²) in [5, 5.41) is 3.52. The Morgan fingerprint density at radius 1 is 1.47 bits per heavy atom. The monoisotopic (exact) mass is 262 g/mol. The second-order valence-corrected chi connectivity index (χ2v) is 5.74. The van der Waals surface area contributed by atoms with E-state index in [1.807, 2.05) is 24.3 Å². The van der Waals surface area contributed by atoms with Crippen molar-refractivity contribution in [3.05, 3.63) is 29.8 Å². The van der Waals surface area contributed by atoms with Gasteiger partial charge in [-0.2, -0.15) is 0 Å². The summed E-state index contributed by atoms with van der Waals surface area (Å²) < 4.78 is 5.71. The first-order chi connectivity index (χ1) is 8.96. The van der Waals surface area contributed by atoms with Gasteiger partial charge >= 0.3 is 0 Å². The normalized spacial score (nSPS) is 21.9. The molecule has 1 fully saturated rings. The highest BCUT2D eigenvalue weighted by molar-refractivity contribution is 5.78. The van der Waals surface area contributed by atoms with Crippen molar-refractivity contribution in [1.29, 1.82) is 0 Å². The van der Waals surface area contributed by atoms with Gasteiger partial charge in [-0.3, -0.25) is 4.79 Å². The van der Waals surface area contributed by atoms with E-state index in [4.69, 9.17) is 10.5 Å². The number of carbonyl (C=O) groups excluding carboxylic acids is 1. The molecule has 1 atom stereocenters. The fraction of sp³-hybridized carbons (Fsp3) is 0.533. The van der Waals surface area contributed by atoms with Gasteiger partial charge in [0.25, 0.3) is 0 Å². The van der Waals surface area contributed by atoms with Gasteiger partial charge in [0.1, 0.15) is 0 Å². The number of anilines is 1. The summed E-state index contributed by atoms with van der Waals surface area (Å²) in [7, 11) is 0. The van der Waals surface area contributed by atoms with E-state index in [0.29, 0.717) is 6.04 Å². The third kappa shape index (κ3) is 3.96. The highest BCUT2D eigenvalue weighted by Crippen LogP contribution is 2.27. The molecule has 4 heteroatoms. The van der Waals surface area contributed by atoms with Gasteiger partial charge in [-0.1, -0.05) is 18.2 Å². The first-order valence-corrected chi connectivity index (χ1v) is 6.73. The number of amides is 1. The molecule has 1 amide bonds. The van der Waals surface area contributed by atoms with Crippen LogP contribution in [0.15, 0.2) is 24.3 Å². The highest BCUT2D eigenvalue weighted by Gasteiger charge is 2.28. The minimum Gasteiger partial charge on any atom is -0.382 e. The predicted molar refractivity (Wildman–Crippen MR) is 76.0 cm³/mol. The molecule has 1 aliphatic rings. The molecule has 1 heterocycles. The number of hydrogen-bond acceptors (Lipinski definition) is 3. The fourth-order valence-corrected chi connectivity index (χ4v) is 2.58. The van der Waals surface area contributed by atoms with Gasteiger partial charge in [-0.05, 0) is 38.3 Å². The molecule has 1 unspecified atom stereocenters. The quantitative estimate of drug-likeness (QED) is 0.873. The van der Waals surface area contributed by atoms with Crippen LogP contribution in [-0.4, -0.2) is 24.2 Å². The average molecular weight is 262 g/mol. The van der Waals surface area contributed by atoms with Gasteiger partial charge in [-0.25, -0.2) is 0 Å². The highest BCUT2D eigenvalue weighted by atomic mass is 16.5. The summed E-state index contributed by atoms with van der Waals surface area (Å²) in [5.41, 5.74) is 7.16. The molecule has 19 heavy (non-hydrogen) atoms. The van der Waals surface area contributed by atoms with Gasteiger partial charge in [-0.15, -0.1) is 0 Å². The third-order valence-corrected chi connectivity index (χ3v) is 3.44. The Bertz CT molecular complexity index is 457. The molecule has 104 valence electrons. The lowest BCUT2D eigenvalue weighted by atomic mass is 9.93. The van der Waals surface area contributed by atoms with Crippen LogP contribution >= 0.6 is 0 Å². The van der Waals surface area contributed by atoms with E-state index in [2.05, 4.69) is 19.2 Å². The van der Waals surface area contributed by atoms with Crippen LogP contribution in [-0.2, 0) is 16.0 Å². The Balaban J connectivity index is 2.08. The summed E-state index contributed by atoms with van der Waals surface area (Å²) in [6, 6.07) is 8.21. The Morgan fingerprint density at radius 3 is 2.89 bits per heavy atom. The molecule has 0 bridgehead atoms. The second kappa shape index (κ2) is 5.61. The average Bonchev–Trinajstić information content (AvgIpc) is 2.30. The van der Waals surface area contributed by atoms with Crippen LogP contribution in [0.2, 0.25) is 0 Å². The number of para-hydroxylation sites is 1. The van der Waals surface area contributed by atoms with Crippen LogP contribution < -0.4 is 11.1 Å². The van der Waals surface area contributed by atoms with Crippen molar-refractivity contribution in [2.75, 3.05) is 11.9 Å². The van der Waals surface area contributed by atoms with E-state index in [9.17, 15) is 4.79 Å².